The zero-order valence-corrected chi connectivity index (χ0v) is 22.2. The van der Waals surface area contributed by atoms with Crippen LogP contribution in [0.15, 0.2) is 72.8 Å². The fraction of sp³-hybridized carbons (Fsp3) is 0.310. The van der Waals surface area contributed by atoms with Gasteiger partial charge in [-0.2, -0.15) is 10.2 Å². The Morgan fingerprint density at radius 2 is 1.22 bits per heavy atom. The van der Waals surface area contributed by atoms with Crippen LogP contribution in [0.1, 0.15) is 50.4 Å². The Morgan fingerprint density at radius 1 is 0.784 bits per heavy atom. The van der Waals surface area contributed by atoms with Gasteiger partial charge in [-0.3, -0.25) is 23.8 Å². The first kappa shape index (κ1) is 27.5. The SMILES string of the molecule is CC(=O)c1cc(C)n(CCc2ccccc2)n1.CON(C)C(=O)c1cc(C)n(CCc2ccccc2)n1. The summed E-state index contributed by atoms with van der Waals surface area (Å²) in [6.45, 7) is 7.03. The summed E-state index contributed by atoms with van der Waals surface area (Å²) in [6, 6.07) is 24.1. The van der Waals surface area contributed by atoms with E-state index in [1.807, 2.05) is 65.7 Å². The molecule has 0 atom stereocenters. The van der Waals surface area contributed by atoms with Gasteiger partial charge < -0.3 is 0 Å². The highest BCUT2D eigenvalue weighted by atomic mass is 16.7. The van der Waals surface area contributed by atoms with Crippen molar-refractivity contribution >= 4 is 11.7 Å². The molecule has 1 amide bonds. The smallest absolute Gasteiger partial charge is 0.293 e. The molecule has 0 fully saturated rings. The standard InChI is InChI=1S/C15H19N3O2.C14H16N2O/c1-12-11-14(15(19)17(2)20-3)16-18(12)10-9-13-7-5-4-6-8-13;1-11-10-14(12(2)17)15-16(11)9-8-13-6-4-3-5-7-13/h4-8,11H,9-10H2,1-3H3;3-7,10H,8-9H2,1-2H3. The molecule has 0 bridgehead atoms. The molecule has 194 valence electrons. The molecule has 0 unspecified atom stereocenters. The van der Waals surface area contributed by atoms with Crippen molar-refractivity contribution in [3.63, 3.8) is 0 Å². The number of carbonyl (C=O) groups excluding carboxylic acids is 2. The maximum Gasteiger partial charge on any atom is 0.297 e. The maximum atomic E-state index is 11.9. The van der Waals surface area contributed by atoms with Crippen LogP contribution in [0.2, 0.25) is 0 Å². The highest BCUT2D eigenvalue weighted by molar-refractivity contribution is 5.92. The number of benzene rings is 2. The number of nitrogens with zero attached hydrogens (tertiary/aromatic N) is 5. The first-order chi connectivity index (χ1) is 17.8. The number of rotatable bonds is 9. The predicted molar refractivity (Wildman–Crippen MR) is 143 cm³/mol. The summed E-state index contributed by atoms with van der Waals surface area (Å²) in [5, 5.41) is 9.80. The van der Waals surface area contributed by atoms with E-state index in [-0.39, 0.29) is 11.7 Å². The molecule has 4 aromatic rings. The molecular weight excluding hydrogens is 466 g/mol. The maximum absolute atomic E-state index is 11.9. The van der Waals surface area contributed by atoms with Crippen molar-refractivity contribution in [2.75, 3.05) is 14.2 Å². The van der Waals surface area contributed by atoms with Crippen molar-refractivity contribution < 1.29 is 14.4 Å². The molecule has 4 rings (SSSR count). The van der Waals surface area contributed by atoms with E-state index in [2.05, 4.69) is 34.5 Å². The Balaban J connectivity index is 0.000000208. The van der Waals surface area contributed by atoms with Crippen LogP contribution in [-0.4, -0.2) is 50.5 Å². The molecule has 2 aromatic heterocycles. The lowest BCUT2D eigenvalue weighted by Gasteiger charge is -2.11. The molecule has 0 saturated carbocycles. The van der Waals surface area contributed by atoms with Crippen LogP contribution >= 0.6 is 0 Å². The molecular formula is C29H35N5O3. The second kappa shape index (κ2) is 13.3. The van der Waals surface area contributed by atoms with Gasteiger partial charge in [0.15, 0.2) is 11.5 Å². The van der Waals surface area contributed by atoms with Gasteiger partial charge in [-0.15, -0.1) is 0 Å². The number of ketones is 1. The van der Waals surface area contributed by atoms with E-state index < -0.39 is 0 Å². The summed E-state index contributed by atoms with van der Waals surface area (Å²) in [6.07, 6.45) is 1.82. The van der Waals surface area contributed by atoms with Crippen LogP contribution in [0.4, 0.5) is 0 Å². The number of hydrogen-bond acceptors (Lipinski definition) is 5. The first-order valence-corrected chi connectivity index (χ1v) is 12.3. The molecule has 2 aromatic carbocycles. The quantitative estimate of drug-likeness (QED) is 0.245. The van der Waals surface area contributed by atoms with Crippen molar-refractivity contribution in [2.24, 2.45) is 0 Å². The third-order valence-corrected chi connectivity index (χ3v) is 6.01. The average Bonchev–Trinajstić information content (AvgIpc) is 3.48. The Morgan fingerprint density at radius 3 is 1.62 bits per heavy atom. The van der Waals surface area contributed by atoms with E-state index in [1.165, 1.54) is 23.3 Å². The van der Waals surface area contributed by atoms with E-state index in [4.69, 9.17) is 4.84 Å². The molecule has 2 heterocycles. The Hall–Kier alpha value is -4.04. The fourth-order valence-electron chi connectivity index (χ4n) is 3.75. The van der Waals surface area contributed by atoms with E-state index >= 15 is 0 Å². The minimum atomic E-state index is -0.242. The summed E-state index contributed by atoms with van der Waals surface area (Å²) >= 11 is 0. The van der Waals surface area contributed by atoms with Gasteiger partial charge in [0.1, 0.15) is 5.69 Å². The number of amides is 1. The van der Waals surface area contributed by atoms with Crippen molar-refractivity contribution in [1.29, 1.82) is 0 Å². The van der Waals surface area contributed by atoms with Crippen LogP contribution in [0, 0.1) is 13.8 Å². The molecule has 0 spiro atoms. The molecule has 0 radical (unpaired) electrons. The van der Waals surface area contributed by atoms with Crippen molar-refractivity contribution in [1.82, 2.24) is 24.6 Å². The molecule has 8 nitrogen and oxygen atoms in total. The summed E-state index contributed by atoms with van der Waals surface area (Å²) < 4.78 is 3.74. The number of aryl methyl sites for hydroxylation is 6. The van der Waals surface area contributed by atoms with Gasteiger partial charge in [-0.05, 0) is 49.9 Å². The van der Waals surface area contributed by atoms with Gasteiger partial charge >= 0.3 is 0 Å². The van der Waals surface area contributed by atoms with Crippen LogP contribution in [0.5, 0.6) is 0 Å². The molecule has 8 heteroatoms. The van der Waals surface area contributed by atoms with Gasteiger partial charge in [0.2, 0.25) is 0 Å². The summed E-state index contributed by atoms with van der Waals surface area (Å²) in [5.41, 5.74) is 5.49. The van der Waals surface area contributed by atoms with Crippen LogP contribution in [0.3, 0.4) is 0 Å². The number of hydrogen-bond donors (Lipinski definition) is 0. The summed E-state index contributed by atoms with van der Waals surface area (Å²) in [4.78, 5) is 28.0. The van der Waals surface area contributed by atoms with E-state index in [9.17, 15) is 9.59 Å². The highest BCUT2D eigenvalue weighted by Crippen LogP contribution is 2.09. The molecule has 0 aliphatic heterocycles. The average molecular weight is 502 g/mol. The van der Waals surface area contributed by atoms with Crippen molar-refractivity contribution in [3.05, 3.63) is 107 Å². The second-order valence-corrected chi connectivity index (χ2v) is 8.80. The minimum absolute atomic E-state index is 0.0200. The monoisotopic (exact) mass is 501 g/mol. The molecule has 0 aliphatic carbocycles. The van der Waals surface area contributed by atoms with Crippen LogP contribution in [-0.2, 0) is 30.8 Å². The third-order valence-electron chi connectivity index (χ3n) is 6.01. The topological polar surface area (TPSA) is 82.3 Å². The first-order valence-electron chi connectivity index (χ1n) is 12.3. The summed E-state index contributed by atoms with van der Waals surface area (Å²) in [7, 11) is 3.03. The van der Waals surface area contributed by atoms with Crippen LogP contribution in [0.25, 0.3) is 0 Å². The zero-order valence-electron chi connectivity index (χ0n) is 22.2. The minimum Gasteiger partial charge on any atom is -0.293 e. The van der Waals surface area contributed by atoms with Crippen molar-refractivity contribution in [2.45, 2.75) is 46.7 Å². The van der Waals surface area contributed by atoms with Gasteiger partial charge in [0.25, 0.3) is 5.91 Å². The molecule has 37 heavy (non-hydrogen) atoms. The number of carbonyl (C=O) groups is 2. The number of Topliss-reactive ketones (excluding diaryl/α,β-unsaturated/α-hetero) is 1. The van der Waals surface area contributed by atoms with Gasteiger partial charge in [-0.1, -0.05) is 60.7 Å². The lowest BCUT2D eigenvalue weighted by Crippen LogP contribution is -2.26. The molecule has 0 aliphatic rings. The van der Waals surface area contributed by atoms with Crippen molar-refractivity contribution in [3.8, 4) is 0 Å². The Labute approximate surface area is 218 Å². The predicted octanol–water partition coefficient (Wildman–Crippen LogP) is 4.70. The Bertz CT molecular complexity index is 1300. The molecule has 0 N–H and O–H groups in total. The number of hydroxylamine groups is 2. The van der Waals surface area contributed by atoms with E-state index in [0.29, 0.717) is 11.4 Å². The second-order valence-electron chi connectivity index (χ2n) is 8.80. The third kappa shape index (κ3) is 7.98. The zero-order chi connectivity index (χ0) is 26.8. The Kier molecular flexibility index (Phi) is 9.92. The lowest BCUT2D eigenvalue weighted by atomic mass is 10.1. The van der Waals surface area contributed by atoms with Gasteiger partial charge in [-0.25, -0.2) is 5.06 Å². The molecule has 0 saturated heterocycles. The van der Waals surface area contributed by atoms with Gasteiger partial charge in [0, 0.05) is 38.4 Å². The normalized spacial score (nSPS) is 10.5. The summed E-state index contributed by atoms with van der Waals surface area (Å²) in [5.74, 6) is -0.222. The number of aromatic nitrogens is 4. The highest BCUT2D eigenvalue weighted by Gasteiger charge is 2.16. The van der Waals surface area contributed by atoms with Gasteiger partial charge in [0.05, 0.1) is 7.11 Å². The fourth-order valence-corrected chi connectivity index (χ4v) is 3.75. The lowest BCUT2D eigenvalue weighted by molar-refractivity contribution is -0.0760. The van der Waals surface area contributed by atoms with E-state index in [1.54, 1.807) is 20.0 Å². The van der Waals surface area contributed by atoms with Crippen LogP contribution < -0.4 is 0 Å². The van der Waals surface area contributed by atoms with E-state index in [0.717, 1.165) is 37.3 Å². The largest absolute Gasteiger partial charge is 0.297 e.